The van der Waals surface area contributed by atoms with Crippen molar-refractivity contribution in [1.29, 1.82) is 0 Å². The summed E-state index contributed by atoms with van der Waals surface area (Å²) in [6.07, 6.45) is 4.58. The lowest BCUT2D eigenvalue weighted by Gasteiger charge is -2.27. The van der Waals surface area contributed by atoms with Gasteiger partial charge in [-0.15, -0.1) is 0 Å². The zero-order valence-corrected chi connectivity index (χ0v) is 18.2. The molecule has 5 nitrogen and oxygen atoms in total. The molecular weight excluding hydrogens is 408 g/mol. The quantitative estimate of drug-likeness (QED) is 0.638. The Balaban J connectivity index is 1.66. The number of nitrogens with zero attached hydrogens (tertiary/aromatic N) is 1. The molecule has 2 aromatic carbocycles. The minimum Gasteiger partial charge on any atom is -0.495 e. The highest BCUT2D eigenvalue weighted by Crippen LogP contribution is 2.34. The number of benzene rings is 2. The number of fused-ring (bicyclic) bond motifs is 1. The van der Waals surface area contributed by atoms with Crippen LogP contribution in [0.4, 0.5) is 0 Å². The van der Waals surface area contributed by atoms with Crippen molar-refractivity contribution in [3.8, 4) is 5.75 Å². The fourth-order valence-electron chi connectivity index (χ4n) is 3.74. The summed E-state index contributed by atoms with van der Waals surface area (Å²) < 4.78 is 33.4. The zero-order chi connectivity index (χ0) is 20.8. The van der Waals surface area contributed by atoms with Crippen molar-refractivity contribution < 1.29 is 13.2 Å². The standard InChI is InChI=1S/C22H23ClN2O3S/c1-14-10-21(28-3)22(11-15(14)2)29(26,27)25-8-6-16(7-9-25)19-13-24-20-5-4-17(23)12-18(19)20/h4-6,10-13,24H,7-9H2,1-3H3. The maximum Gasteiger partial charge on any atom is 0.247 e. The Bertz CT molecular complexity index is 1230. The van der Waals surface area contributed by atoms with Gasteiger partial charge in [-0.1, -0.05) is 17.7 Å². The van der Waals surface area contributed by atoms with Crippen molar-refractivity contribution in [2.75, 3.05) is 20.2 Å². The van der Waals surface area contributed by atoms with Crippen LogP contribution in [-0.4, -0.2) is 37.9 Å². The van der Waals surface area contributed by atoms with Crippen LogP contribution in [0, 0.1) is 13.8 Å². The third-order valence-corrected chi connectivity index (χ3v) is 7.68. The minimum absolute atomic E-state index is 0.221. The van der Waals surface area contributed by atoms with Gasteiger partial charge in [-0.05, 0) is 67.3 Å². The van der Waals surface area contributed by atoms with Crippen molar-refractivity contribution >= 4 is 38.1 Å². The highest BCUT2D eigenvalue weighted by molar-refractivity contribution is 7.89. The van der Waals surface area contributed by atoms with Gasteiger partial charge in [0, 0.05) is 40.8 Å². The number of nitrogens with one attached hydrogen (secondary N) is 1. The van der Waals surface area contributed by atoms with Crippen LogP contribution in [0.2, 0.25) is 5.02 Å². The number of aromatic amines is 1. The Hall–Kier alpha value is -2.28. The van der Waals surface area contributed by atoms with E-state index in [0.29, 0.717) is 30.3 Å². The van der Waals surface area contributed by atoms with Gasteiger partial charge in [0.05, 0.1) is 7.11 Å². The zero-order valence-electron chi connectivity index (χ0n) is 16.6. The third-order valence-electron chi connectivity index (χ3n) is 5.56. The number of H-pyrrole nitrogens is 1. The molecule has 0 amide bonds. The fourth-order valence-corrected chi connectivity index (χ4v) is 5.51. The minimum atomic E-state index is -3.65. The van der Waals surface area contributed by atoms with Crippen molar-refractivity contribution in [2.24, 2.45) is 0 Å². The molecule has 7 heteroatoms. The summed E-state index contributed by atoms with van der Waals surface area (Å²) >= 11 is 6.16. The summed E-state index contributed by atoms with van der Waals surface area (Å²) in [4.78, 5) is 3.48. The van der Waals surface area contributed by atoms with Gasteiger partial charge in [0.15, 0.2) is 0 Å². The van der Waals surface area contributed by atoms with E-state index in [4.69, 9.17) is 16.3 Å². The number of aromatic nitrogens is 1. The second-order valence-corrected chi connectivity index (χ2v) is 9.66. The molecule has 29 heavy (non-hydrogen) atoms. The van der Waals surface area contributed by atoms with Gasteiger partial charge in [0.1, 0.15) is 10.6 Å². The Kier molecular flexibility index (Phi) is 5.19. The normalized spacial score (nSPS) is 15.5. The van der Waals surface area contributed by atoms with E-state index in [1.165, 1.54) is 11.4 Å². The summed E-state index contributed by atoms with van der Waals surface area (Å²) in [6, 6.07) is 9.22. The van der Waals surface area contributed by atoms with Crippen LogP contribution in [-0.2, 0) is 10.0 Å². The van der Waals surface area contributed by atoms with Crippen molar-refractivity contribution in [1.82, 2.24) is 9.29 Å². The van der Waals surface area contributed by atoms with E-state index < -0.39 is 10.0 Å². The Morgan fingerprint density at radius 3 is 2.59 bits per heavy atom. The van der Waals surface area contributed by atoms with Crippen LogP contribution in [0.25, 0.3) is 16.5 Å². The third kappa shape index (κ3) is 3.56. The molecular formula is C22H23ClN2O3S. The Labute approximate surface area is 176 Å². The van der Waals surface area contributed by atoms with E-state index in [0.717, 1.165) is 33.2 Å². The first kappa shape index (κ1) is 20.0. The average Bonchev–Trinajstić information content (AvgIpc) is 3.12. The number of methoxy groups -OCH3 is 1. The SMILES string of the molecule is COc1cc(C)c(C)cc1S(=O)(=O)N1CC=C(c2c[nH]c3ccc(Cl)cc23)CC1. The first-order chi connectivity index (χ1) is 13.8. The van der Waals surface area contributed by atoms with Crippen molar-refractivity contribution in [2.45, 2.75) is 25.2 Å². The molecule has 1 aromatic heterocycles. The molecule has 1 N–H and O–H groups in total. The number of aryl methyl sites for hydroxylation is 2. The topological polar surface area (TPSA) is 62.4 Å². The molecule has 0 spiro atoms. The maximum absolute atomic E-state index is 13.3. The number of rotatable bonds is 4. The number of sulfonamides is 1. The number of halogens is 1. The van der Waals surface area contributed by atoms with E-state index in [1.54, 1.807) is 12.1 Å². The van der Waals surface area contributed by atoms with E-state index >= 15 is 0 Å². The van der Waals surface area contributed by atoms with E-state index in [-0.39, 0.29) is 4.90 Å². The smallest absolute Gasteiger partial charge is 0.247 e. The molecule has 0 unspecified atom stereocenters. The molecule has 0 aliphatic carbocycles. The summed E-state index contributed by atoms with van der Waals surface area (Å²) in [5.41, 5.74) is 5.13. The molecule has 152 valence electrons. The second kappa shape index (κ2) is 7.52. The van der Waals surface area contributed by atoms with Crippen LogP contribution < -0.4 is 4.74 Å². The lowest BCUT2D eigenvalue weighted by atomic mass is 10.00. The van der Waals surface area contributed by atoms with Crippen molar-refractivity contribution in [3.05, 3.63) is 64.3 Å². The lowest BCUT2D eigenvalue weighted by molar-refractivity contribution is 0.394. The van der Waals surface area contributed by atoms with Crippen LogP contribution >= 0.6 is 11.6 Å². The first-order valence-electron chi connectivity index (χ1n) is 9.42. The van der Waals surface area contributed by atoms with Gasteiger partial charge in [-0.3, -0.25) is 0 Å². The summed E-state index contributed by atoms with van der Waals surface area (Å²) in [6.45, 7) is 4.58. The van der Waals surface area contributed by atoms with Crippen LogP contribution in [0.15, 0.2) is 47.5 Å². The Morgan fingerprint density at radius 1 is 1.14 bits per heavy atom. The van der Waals surface area contributed by atoms with E-state index in [9.17, 15) is 8.42 Å². The number of ether oxygens (including phenoxy) is 1. The molecule has 1 aliphatic heterocycles. The van der Waals surface area contributed by atoms with Crippen LogP contribution in [0.5, 0.6) is 5.75 Å². The molecule has 0 bridgehead atoms. The monoisotopic (exact) mass is 430 g/mol. The van der Waals surface area contributed by atoms with Crippen LogP contribution in [0.1, 0.15) is 23.1 Å². The van der Waals surface area contributed by atoms with Crippen LogP contribution in [0.3, 0.4) is 0 Å². The van der Waals surface area contributed by atoms with Gasteiger partial charge in [0.25, 0.3) is 0 Å². The van der Waals surface area contributed by atoms with E-state index in [2.05, 4.69) is 4.98 Å². The molecule has 2 heterocycles. The summed E-state index contributed by atoms with van der Waals surface area (Å²) in [7, 11) is -2.15. The molecule has 0 radical (unpaired) electrons. The highest BCUT2D eigenvalue weighted by atomic mass is 35.5. The van der Waals surface area contributed by atoms with Gasteiger partial charge >= 0.3 is 0 Å². The van der Waals surface area contributed by atoms with E-state index in [1.807, 2.05) is 44.3 Å². The van der Waals surface area contributed by atoms with Gasteiger partial charge in [-0.2, -0.15) is 4.31 Å². The summed E-state index contributed by atoms with van der Waals surface area (Å²) in [5, 5.41) is 1.73. The second-order valence-electron chi connectivity index (χ2n) is 7.32. The van der Waals surface area contributed by atoms with Gasteiger partial charge < -0.3 is 9.72 Å². The Morgan fingerprint density at radius 2 is 1.90 bits per heavy atom. The highest BCUT2D eigenvalue weighted by Gasteiger charge is 2.30. The molecule has 0 saturated heterocycles. The van der Waals surface area contributed by atoms with Gasteiger partial charge in [0.2, 0.25) is 10.0 Å². The average molecular weight is 431 g/mol. The largest absolute Gasteiger partial charge is 0.495 e. The molecule has 0 saturated carbocycles. The maximum atomic E-state index is 13.3. The predicted molar refractivity (Wildman–Crippen MR) is 117 cm³/mol. The fraction of sp³-hybridized carbons (Fsp3) is 0.273. The predicted octanol–water partition coefficient (Wildman–Crippen LogP) is 4.92. The number of hydrogen-bond donors (Lipinski definition) is 1. The molecule has 0 fully saturated rings. The number of hydrogen-bond acceptors (Lipinski definition) is 3. The van der Waals surface area contributed by atoms with Crippen molar-refractivity contribution in [3.63, 3.8) is 0 Å². The summed E-state index contributed by atoms with van der Waals surface area (Å²) in [5.74, 6) is 0.383. The first-order valence-corrected chi connectivity index (χ1v) is 11.2. The molecule has 4 rings (SSSR count). The van der Waals surface area contributed by atoms with Gasteiger partial charge in [-0.25, -0.2) is 8.42 Å². The lowest BCUT2D eigenvalue weighted by Crippen LogP contribution is -2.35. The molecule has 3 aromatic rings. The molecule has 1 aliphatic rings. The molecule has 0 atom stereocenters.